The molecule has 0 bridgehead atoms. The summed E-state index contributed by atoms with van der Waals surface area (Å²) >= 11 is 0. The molecule has 0 heterocycles. The summed E-state index contributed by atoms with van der Waals surface area (Å²) in [6, 6.07) is 0. The smallest absolute Gasteiger partial charge is 0.0601 e. The van der Waals surface area contributed by atoms with Gasteiger partial charge in [-0.05, 0) is 61.2 Å². The van der Waals surface area contributed by atoms with Crippen molar-refractivity contribution < 1.29 is 5.11 Å². The van der Waals surface area contributed by atoms with E-state index in [9.17, 15) is 5.11 Å². The molecule has 0 aromatic rings. The summed E-state index contributed by atoms with van der Waals surface area (Å²) < 4.78 is 0. The zero-order valence-corrected chi connectivity index (χ0v) is 12.1. The van der Waals surface area contributed by atoms with E-state index >= 15 is 0 Å². The predicted octanol–water partition coefficient (Wildman–Crippen LogP) is 4.25. The first kappa shape index (κ1) is 13.4. The van der Waals surface area contributed by atoms with Gasteiger partial charge in [0.2, 0.25) is 0 Å². The van der Waals surface area contributed by atoms with Gasteiger partial charge in [-0.2, -0.15) is 0 Å². The number of hydrogen-bond donors (Lipinski definition) is 1. The van der Waals surface area contributed by atoms with Crippen molar-refractivity contribution >= 4 is 0 Å². The molecular weight excluding hydrogens is 208 g/mol. The highest BCUT2D eigenvalue weighted by Crippen LogP contribution is 2.48. The van der Waals surface area contributed by atoms with Crippen molar-refractivity contribution in [3.63, 3.8) is 0 Å². The van der Waals surface area contributed by atoms with Crippen LogP contribution in [0.25, 0.3) is 0 Å². The maximum Gasteiger partial charge on any atom is 0.0601 e. The van der Waals surface area contributed by atoms with Gasteiger partial charge in [0.05, 0.1) is 6.10 Å². The third-order valence-electron chi connectivity index (χ3n) is 5.45. The van der Waals surface area contributed by atoms with Crippen LogP contribution >= 0.6 is 0 Å². The Hall–Kier alpha value is -0.0400. The Morgan fingerprint density at radius 3 is 2.12 bits per heavy atom. The van der Waals surface area contributed by atoms with Crippen LogP contribution in [0.1, 0.15) is 66.2 Å². The lowest BCUT2D eigenvalue weighted by molar-refractivity contribution is -0.0183. The van der Waals surface area contributed by atoms with Gasteiger partial charge in [0.1, 0.15) is 0 Å². The van der Waals surface area contributed by atoms with Gasteiger partial charge in [-0.1, -0.05) is 34.1 Å². The Morgan fingerprint density at radius 2 is 1.65 bits per heavy atom. The molecule has 0 amide bonds. The van der Waals surface area contributed by atoms with Crippen LogP contribution in [0.4, 0.5) is 0 Å². The minimum atomic E-state index is -0.0438. The molecule has 0 aliphatic heterocycles. The third kappa shape index (κ3) is 2.86. The fourth-order valence-corrected chi connectivity index (χ4v) is 4.60. The van der Waals surface area contributed by atoms with Crippen LogP contribution in [0.5, 0.6) is 0 Å². The van der Waals surface area contributed by atoms with E-state index in [2.05, 4.69) is 27.7 Å². The van der Waals surface area contributed by atoms with Gasteiger partial charge in [0.15, 0.2) is 0 Å². The molecule has 0 aromatic heterocycles. The van der Waals surface area contributed by atoms with E-state index in [-0.39, 0.29) is 6.10 Å². The lowest BCUT2D eigenvalue weighted by atomic mass is 9.68. The van der Waals surface area contributed by atoms with Gasteiger partial charge in [0.25, 0.3) is 0 Å². The molecule has 100 valence electrons. The topological polar surface area (TPSA) is 20.2 Å². The summed E-state index contributed by atoms with van der Waals surface area (Å²) in [6.45, 7) is 9.41. The first-order valence-corrected chi connectivity index (χ1v) is 7.58. The summed E-state index contributed by atoms with van der Waals surface area (Å²) in [7, 11) is 0. The van der Waals surface area contributed by atoms with Gasteiger partial charge in [-0.25, -0.2) is 0 Å². The average Bonchev–Trinajstić information content (AvgIpc) is 2.55. The molecule has 2 aliphatic carbocycles. The van der Waals surface area contributed by atoms with Crippen LogP contribution in [0, 0.1) is 29.1 Å². The Balaban J connectivity index is 2.01. The predicted molar refractivity (Wildman–Crippen MR) is 72.8 cm³/mol. The molecule has 2 aliphatic rings. The maximum atomic E-state index is 10.7. The highest BCUT2D eigenvalue weighted by atomic mass is 16.3. The van der Waals surface area contributed by atoms with Crippen LogP contribution in [0.3, 0.4) is 0 Å². The standard InChI is InChI=1S/C16H30O/c1-11-8-12(2)10-13(9-11)15(17)14-6-5-7-16(14,3)4/h11-15,17H,5-10H2,1-4H3. The highest BCUT2D eigenvalue weighted by Gasteiger charge is 2.42. The molecular formula is C16H30O. The van der Waals surface area contributed by atoms with E-state index < -0.39 is 0 Å². The van der Waals surface area contributed by atoms with Gasteiger partial charge in [0, 0.05) is 0 Å². The lowest BCUT2D eigenvalue weighted by Crippen LogP contribution is -2.38. The summed E-state index contributed by atoms with van der Waals surface area (Å²) in [5.74, 6) is 2.73. The van der Waals surface area contributed by atoms with E-state index in [4.69, 9.17) is 0 Å². The lowest BCUT2D eigenvalue weighted by Gasteiger charge is -2.40. The van der Waals surface area contributed by atoms with Gasteiger partial charge >= 0.3 is 0 Å². The van der Waals surface area contributed by atoms with Crippen molar-refractivity contribution in [2.24, 2.45) is 29.1 Å². The van der Waals surface area contributed by atoms with Crippen molar-refractivity contribution in [2.45, 2.75) is 72.3 Å². The molecule has 0 radical (unpaired) electrons. The molecule has 17 heavy (non-hydrogen) atoms. The monoisotopic (exact) mass is 238 g/mol. The summed E-state index contributed by atoms with van der Waals surface area (Å²) in [5.41, 5.74) is 0.364. The van der Waals surface area contributed by atoms with E-state index in [1.165, 1.54) is 38.5 Å². The number of aliphatic hydroxyl groups excluding tert-OH is 1. The molecule has 2 saturated carbocycles. The quantitative estimate of drug-likeness (QED) is 0.762. The Labute approximate surface area is 107 Å². The van der Waals surface area contributed by atoms with Crippen LogP contribution in [0.2, 0.25) is 0 Å². The molecule has 0 saturated heterocycles. The zero-order chi connectivity index (χ0) is 12.6. The van der Waals surface area contributed by atoms with Crippen molar-refractivity contribution in [2.75, 3.05) is 0 Å². The van der Waals surface area contributed by atoms with E-state index in [0.717, 1.165) is 11.8 Å². The number of aliphatic hydroxyl groups is 1. The fourth-order valence-electron chi connectivity index (χ4n) is 4.60. The van der Waals surface area contributed by atoms with Crippen molar-refractivity contribution in [3.8, 4) is 0 Å². The minimum Gasteiger partial charge on any atom is -0.393 e. The second kappa shape index (κ2) is 4.91. The van der Waals surface area contributed by atoms with E-state index in [1.54, 1.807) is 0 Å². The molecule has 4 unspecified atom stereocenters. The molecule has 1 nitrogen and oxygen atoms in total. The molecule has 2 fully saturated rings. The first-order valence-electron chi connectivity index (χ1n) is 7.58. The van der Waals surface area contributed by atoms with Gasteiger partial charge in [-0.15, -0.1) is 0 Å². The largest absolute Gasteiger partial charge is 0.393 e. The first-order chi connectivity index (χ1) is 7.90. The van der Waals surface area contributed by atoms with Crippen LogP contribution in [-0.4, -0.2) is 11.2 Å². The van der Waals surface area contributed by atoms with Crippen LogP contribution in [-0.2, 0) is 0 Å². The highest BCUT2D eigenvalue weighted by molar-refractivity contribution is 4.93. The third-order valence-corrected chi connectivity index (χ3v) is 5.45. The second-order valence-corrected chi connectivity index (χ2v) is 7.66. The van der Waals surface area contributed by atoms with Crippen molar-refractivity contribution in [1.29, 1.82) is 0 Å². The van der Waals surface area contributed by atoms with Crippen molar-refractivity contribution in [1.82, 2.24) is 0 Å². The summed E-state index contributed by atoms with van der Waals surface area (Å²) in [4.78, 5) is 0. The zero-order valence-electron chi connectivity index (χ0n) is 12.1. The number of hydrogen-bond acceptors (Lipinski definition) is 1. The van der Waals surface area contributed by atoms with Gasteiger partial charge in [-0.3, -0.25) is 0 Å². The maximum absolute atomic E-state index is 10.7. The van der Waals surface area contributed by atoms with Crippen molar-refractivity contribution in [3.05, 3.63) is 0 Å². The van der Waals surface area contributed by atoms with Crippen LogP contribution < -0.4 is 0 Å². The molecule has 1 heteroatoms. The molecule has 0 spiro atoms. The second-order valence-electron chi connectivity index (χ2n) is 7.66. The van der Waals surface area contributed by atoms with E-state index in [1.807, 2.05) is 0 Å². The summed E-state index contributed by atoms with van der Waals surface area (Å²) in [5, 5.41) is 10.7. The Morgan fingerprint density at radius 1 is 1.06 bits per heavy atom. The molecule has 0 aromatic carbocycles. The van der Waals surface area contributed by atoms with Gasteiger partial charge < -0.3 is 5.11 Å². The summed E-state index contributed by atoms with van der Waals surface area (Å²) in [6.07, 6.45) is 7.66. The normalized spacial score (nSPS) is 43.6. The Bertz CT molecular complexity index is 248. The SMILES string of the molecule is CC1CC(C)CC(C(O)C2CCCC2(C)C)C1. The van der Waals surface area contributed by atoms with E-state index in [0.29, 0.717) is 17.3 Å². The Kier molecular flexibility index (Phi) is 3.87. The average molecular weight is 238 g/mol. The van der Waals surface area contributed by atoms with Crippen LogP contribution in [0.15, 0.2) is 0 Å². The minimum absolute atomic E-state index is 0.0438. The number of rotatable bonds is 2. The molecule has 2 rings (SSSR count). The fraction of sp³-hybridized carbons (Fsp3) is 1.00. The molecule has 4 atom stereocenters. The molecule has 1 N–H and O–H groups in total.